The van der Waals surface area contributed by atoms with E-state index in [9.17, 15) is 0 Å². The van der Waals surface area contributed by atoms with Gasteiger partial charge in [-0.1, -0.05) is 0 Å². The van der Waals surface area contributed by atoms with Gasteiger partial charge >= 0.3 is 0 Å². The van der Waals surface area contributed by atoms with Gasteiger partial charge in [0.25, 0.3) is 0 Å². The molecule has 0 spiro atoms. The molecule has 0 bridgehead atoms. The number of thiazole rings is 1. The fraction of sp³-hybridized carbons (Fsp3) is 0.125. The van der Waals surface area contributed by atoms with Gasteiger partial charge in [-0.05, 0) is 0 Å². The Bertz CT molecular complexity index is 423. The third kappa shape index (κ3) is 1.58. The first-order chi connectivity index (χ1) is 6.40. The van der Waals surface area contributed by atoms with Crippen LogP contribution in [0.5, 0.6) is 0 Å². The third-order valence-corrected chi connectivity index (χ3v) is 2.27. The van der Waals surface area contributed by atoms with Crippen LogP contribution in [-0.4, -0.2) is 14.5 Å². The van der Waals surface area contributed by atoms with Crippen LogP contribution >= 0.6 is 11.3 Å². The smallest absolute Gasteiger partial charge is 0.213 e. The van der Waals surface area contributed by atoms with Crippen LogP contribution in [0.1, 0.15) is 11.5 Å². The quantitative estimate of drug-likeness (QED) is 0.716. The van der Waals surface area contributed by atoms with Gasteiger partial charge in [-0.2, -0.15) is 5.26 Å². The summed E-state index contributed by atoms with van der Waals surface area (Å²) in [5, 5.41) is 10.6. The van der Waals surface area contributed by atoms with Gasteiger partial charge in [0.2, 0.25) is 5.82 Å². The maximum atomic E-state index is 8.68. The molecule has 0 atom stereocenters. The zero-order valence-electron chi connectivity index (χ0n) is 6.71. The number of rotatable bonds is 2. The molecule has 0 fully saturated rings. The van der Waals surface area contributed by atoms with Crippen LogP contribution in [0.3, 0.4) is 0 Å². The van der Waals surface area contributed by atoms with Gasteiger partial charge in [0.15, 0.2) is 0 Å². The molecule has 0 amide bonds. The second-order valence-corrected chi connectivity index (χ2v) is 3.19. The monoisotopic (exact) mass is 190 g/mol. The van der Waals surface area contributed by atoms with Crippen LogP contribution in [0.15, 0.2) is 23.3 Å². The first-order valence-electron chi connectivity index (χ1n) is 3.68. The SMILES string of the molecule is N#Cc1nccn1Cc1cscn1. The molecule has 0 aromatic carbocycles. The standard InChI is InChI=1S/C8H6N4S/c9-3-8-10-1-2-12(8)4-7-5-13-6-11-7/h1-2,5-6H,4H2. The minimum Gasteiger partial charge on any atom is -0.317 e. The summed E-state index contributed by atoms with van der Waals surface area (Å²) in [6.45, 7) is 0.617. The van der Waals surface area contributed by atoms with E-state index in [1.807, 2.05) is 11.4 Å². The lowest BCUT2D eigenvalue weighted by Gasteiger charge is -1.98. The predicted octanol–water partition coefficient (Wildman–Crippen LogP) is 1.26. The van der Waals surface area contributed by atoms with E-state index in [2.05, 4.69) is 9.97 Å². The Labute approximate surface area is 79.1 Å². The highest BCUT2D eigenvalue weighted by Gasteiger charge is 2.02. The predicted molar refractivity (Wildman–Crippen MR) is 48.2 cm³/mol. The molecule has 0 saturated heterocycles. The van der Waals surface area contributed by atoms with E-state index in [0.29, 0.717) is 12.4 Å². The Morgan fingerprint density at radius 3 is 3.15 bits per heavy atom. The zero-order valence-corrected chi connectivity index (χ0v) is 7.53. The first-order valence-corrected chi connectivity index (χ1v) is 4.63. The molecule has 0 unspecified atom stereocenters. The van der Waals surface area contributed by atoms with E-state index in [1.54, 1.807) is 33.8 Å². The molecule has 2 aromatic heterocycles. The Kier molecular flexibility index (Phi) is 2.06. The molecule has 5 heteroatoms. The highest BCUT2D eigenvalue weighted by molar-refractivity contribution is 7.07. The third-order valence-electron chi connectivity index (χ3n) is 1.63. The second kappa shape index (κ2) is 3.37. The van der Waals surface area contributed by atoms with Crippen LogP contribution in [-0.2, 0) is 6.54 Å². The summed E-state index contributed by atoms with van der Waals surface area (Å²) in [4.78, 5) is 8.02. The van der Waals surface area contributed by atoms with Crippen molar-refractivity contribution in [2.24, 2.45) is 0 Å². The molecular weight excluding hydrogens is 184 g/mol. The molecule has 4 nitrogen and oxygen atoms in total. The van der Waals surface area contributed by atoms with E-state index >= 15 is 0 Å². The van der Waals surface area contributed by atoms with Crippen molar-refractivity contribution in [1.29, 1.82) is 5.26 Å². The van der Waals surface area contributed by atoms with Gasteiger partial charge in [0.1, 0.15) is 6.07 Å². The lowest BCUT2D eigenvalue weighted by Crippen LogP contribution is -2.01. The van der Waals surface area contributed by atoms with Gasteiger partial charge in [-0.3, -0.25) is 0 Å². The molecule has 0 N–H and O–H groups in total. The summed E-state index contributed by atoms with van der Waals surface area (Å²) in [6.07, 6.45) is 3.39. The van der Waals surface area contributed by atoms with Crippen LogP contribution in [0.2, 0.25) is 0 Å². The zero-order chi connectivity index (χ0) is 9.10. The molecule has 2 rings (SSSR count). The minimum absolute atomic E-state index is 0.424. The number of hydrogen-bond donors (Lipinski definition) is 0. The van der Waals surface area contributed by atoms with Crippen molar-refractivity contribution in [3.63, 3.8) is 0 Å². The van der Waals surface area contributed by atoms with Crippen molar-refractivity contribution in [3.05, 3.63) is 34.8 Å². The van der Waals surface area contributed by atoms with Crippen molar-refractivity contribution < 1.29 is 0 Å². The summed E-state index contributed by atoms with van der Waals surface area (Å²) < 4.78 is 1.77. The average molecular weight is 190 g/mol. The Morgan fingerprint density at radius 1 is 1.54 bits per heavy atom. The van der Waals surface area contributed by atoms with Crippen LogP contribution < -0.4 is 0 Å². The van der Waals surface area contributed by atoms with Crippen molar-refractivity contribution in [1.82, 2.24) is 14.5 Å². The van der Waals surface area contributed by atoms with Gasteiger partial charge in [0.05, 0.1) is 17.7 Å². The van der Waals surface area contributed by atoms with Gasteiger partial charge in [0, 0.05) is 17.8 Å². The topological polar surface area (TPSA) is 54.5 Å². The summed E-state index contributed by atoms with van der Waals surface area (Å²) in [5.41, 5.74) is 2.73. The van der Waals surface area contributed by atoms with Crippen LogP contribution in [0, 0.1) is 11.3 Å². The van der Waals surface area contributed by atoms with E-state index in [4.69, 9.17) is 5.26 Å². The van der Waals surface area contributed by atoms with E-state index < -0.39 is 0 Å². The molecule has 0 saturated carbocycles. The maximum Gasteiger partial charge on any atom is 0.213 e. The molecule has 64 valence electrons. The van der Waals surface area contributed by atoms with Crippen molar-refractivity contribution in [3.8, 4) is 6.07 Å². The molecule has 2 aromatic rings. The summed E-state index contributed by atoms with van der Waals surface area (Å²) in [7, 11) is 0. The normalized spacial score (nSPS) is 9.77. The van der Waals surface area contributed by atoms with Gasteiger partial charge in [-0.15, -0.1) is 11.3 Å². The van der Waals surface area contributed by atoms with Crippen molar-refractivity contribution in [2.45, 2.75) is 6.54 Å². The molecule has 0 aliphatic carbocycles. The average Bonchev–Trinajstić information content (AvgIpc) is 2.76. The highest BCUT2D eigenvalue weighted by Crippen LogP contribution is 2.05. The lowest BCUT2D eigenvalue weighted by molar-refractivity contribution is 0.765. The molecule has 13 heavy (non-hydrogen) atoms. The van der Waals surface area contributed by atoms with Gasteiger partial charge in [-0.25, -0.2) is 9.97 Å². The molecular formula is C8H6N4S. The van der Waals surface area contributed by atoms with Crippen LogP contribution in [0.25, 0.3) is 0 Å². The maximum absolute atomic E-state index is 8.68. The molecule has 0 aliphatic rings. The highest BCUT2D eigenvalue weighted by atomic mass is 32.1. The molecule has 2 heterocycles. The Morgan fingerprint density at radius 2 is 2.46 bits per heavy atom. The number of hydrogen-bond acceptors (Lipinski definition) is 4. The van der Waals surface area contributed by atoms with Crippen molar-refractivity contribution >= 4 is 11.3 Å². The minimum atomic E-state index is 0.424. The Balaban J connectivity index is 2.24. The fourth-order valence-corrected chi connectivity index (χ4v) is 1.59. The Hall–Kier alpha value is -1.67. The van der Waals surface area contributed by atoms with E-state index in [-0.39, 0.29) is 0 Å². The summed E-state index contributed by atoms with van der Waals surface area (Å²) in [6, 6.07) is 2.02. The van der Waals surface area contributed by atoms with Gasteiger partial charge < -0.3 is 4.57 Å². The summed E-state index contributed by atoms with van der Waals surface area (Å²) >= 11 is 1.55. The molecule has 0 aliphatic heterocycles. The van der Waals surface area contributed by atoms with E-state index in [0.717, 1.165) is 5.69 Å². The number of aromatic nitrogens is 3. The van der Waals surface area contributed by atoms with E-state index in [1.165, 1.54) is 0 Å². The lowest BCUT2D eigenvalue weighted by atomic mass is 10.5. The van der Waals surface area contributed by atoms with Crippen molar-refractivity contribution in [2.75, 3.05) is 0 Å². The number of nitriles is 1. The number of imidazole rings is 1. The fourth-order valence-electron chi connectivity index (χ4n) is 1.04. The summed E-state index contributed by atoms with van der Waals surface area (Å²) in [5.74, 6) is 0.424. The van der Waals surface area contributed by atoms with Crippen LogP contribution in [0.4, 0.5) is 0 Å². The second-order valence-electron chi connectivity index (χ2n) is 2.47. The number of nitrogens with zero attached hydrogens (tertiary/aromatic N) is 4. The largest absolute Gasteiger partial charge is 0.317 e. The molecule has 0 radical (unpaired) electrons. The first kappa shape index (κ1) is 7.95.